The highest BCUT2D eigenvalue weighted by Gasteiger charge is 2.11. The van der Waals surface area contributed by atoms with Crippen molar-refractivity contribution < 1.29 is 4.74 Å². The van der Waals surface area contributed by atoms with Gasteiger partial charge in [0.15, 0.2) is 0 Å². The van der Waals surface area contributed by atoms with Crippen LogP contribution in [0.2, 0.25) is 0 Å². The minimum atomic E-state index is 0.862. The van der Waals surface area contributed by atoms with Crippen LogP contribution in [0.3, 0.4) is 0 Å². The Kier molecular flexibility index (Phi) is 3.21. The van der Waals surface area contributed by atoms with E-state index in [0.717, 1.165) is 14.0 Å². The normalized spacial score (nSPS) is 11.6. The van der Waals surface area contributed by atoms with E-state index in [2.05, 4.69) is 68.3 Å². The molecule has 0 N–H and O–H groups in total. The Balaban J connectivity index is 2.26. The van der Waals surface area contributed by atoms with Gasteiger partial charge in [0, 0.05) is 15.5 Å². The third-order valence-electron chi connectivity index (χ3n) is 3.75. The van der Waals surface area contributed by atoms with Gasteiger partial charge in [-0.05, 0) is 66.2 Å². The number of hydrogen-bond donors (Lipinski definition) is 0. The van der Waals surface area contributed by atoms with E-state index in [1.165, 1.54) is 31.6 Å². The van der Waals surface area contributed by atoms with Crippen molar-refractivity contribution in [2.75, 3.05) is 7.11 Å². The Morgan fingerprint density at radius 3 is 2.43 bits per heavy atom. The molecule has 0 radical (unpaired) electrons. The molecule has 4 heteroatoms. The highest BCUT2D eigenvalue weighted by atomic mass is 79.9. The Morgan fingerprint density at radius 2 is 1.62 bits per heavy atom. The highest BCUT2D eigenvalue weighted by molar-refractivity contribution is 9.11. The van der Waals surface area contributed by atoms with Crippen molar-refractivity contribution in [3.63, 3.8) is 0 Å². The van der Waals surface area contributed by atoms with Crippen LogP contribution in [0.1, 0.15) is 0 Å². The summed E-state index contributed by atoms with van der Waals surface area (Å²) in [7, 11) is 1.70. The highest BCUT2D eigenvalue weighted by Crippen LogP contribution is 2.41. The first-order valence-corrected chi connectivity index (χ1v) is 8.86. The second-order valence-corrected chi connectivity index (χ2v) is 8.10. The molecule has 0 aliphatic rings. The first kappa shape index (κ1) is 13.6. The quantitative estimate of drug-likeness (QED) is 0.309. The molecule has 0 amide bonds. The molecule has 3 aromatic carbocycles. The number of halogens is 2. The van der Waals surface area contributed by atoms with Gasteiger partial charge in [0.25, 0.3) is 0 Å². The molecule has 4 aromatic rings. The average molecular weight is 422 g/mol. The van der Waals surface area contributed by atoms with Gasteiger partial charge in [0.2, 0.25) is 0 Å². The molecule has 1 aromatic heterocycles. The zero-order valence-electron chi connectivity index (χ0n) is 11.1. The Morgan fingerprint density at radius 1 is 0.905 bits per heavy atom. The van der Waals surface area contributed by atoms with Gasteiger partial charge in [-0.1, -0.05) is 24.3 Å². The standard InChI is InChI=1S/C17H10Br2OS/c1-20-13-7-6-11-12(16(13)19)5-4-9-2-3-10-8-14(18)21-17(10)15(9)11/h2-8H,1H3. The Bertz CT molecular complexity index is 1000. The van der Waals surface area contributed by atoms with E-state index in [4.69, 9.17) is 4.74 Å². The fraction of sp³-hybridized carbons (Fsp3) is 0.0588. The summed E-state index contributed by atoms with van der Waals surface area (Å²) in [6, 6.07) is 15.0. The van der Waals surface area contributed by atoms with Gasteiger partial charge >= 0.3 is 0 Å². The maximum absolute atomic E-state index is 5.40. The number of hydrogen-bond acceptors (Lipinski definition) is 2. The van der Waals surface area contributed by atoms with Crippen molar-refractivity contribution in [1.29, 1.82) is 0 Å². The second-order valence-electron chi connectivity index (χ2n) is 4.88. The predicted molar refractivity (Wildman–Crippen MR) is 98.8 cm³/mol. The van der Waals surface area contributed by atoms with Crippen molar-refractivity contribution in [2.45, 2.75) is 0 Å². The van der Waals surface area contributed by atoms with Crippen molar-refractivity contribution >= 4 is 74.8 Å². The maximum atomic E-state index is 5.40. The monoisotopic (exact) mass is 420 g/mol. The van der Waals surface area contributed by atoms with E-state index in [9.17, 15) is 0 Å². The summed E-state index contributed by atoms with van der Waals surface area (Å²) in [5.74, 6) is 0.862. The van der Waals surface area contributed by atoms with Crippen LogP contribution in [0.15, 0.2) is 50.7 Å². The van der Waals surface area contributed by atoms with Gasteiger partial charge in [0.1, 0.15) is 5.75 Å². The van der Waals surface area contributed by atoms with Crippen LogP contribution in [-0.4, -0.2) is 7.11 Å². The molecule has 104 valence electrons. The molecule has 0 saturated carbocycles. The van der Waals surface area contributed by atoms with Crippen LogP contribution in [0.25, 0.3) is 31.6 Å². The topological polar surface area (TPSA) is 9.23 Å². The van der Waals surface area contributed by atoms with Gasteiger partial charge in [-0.25, -0.2) is 0 Å². The molecule has 0 spiro atoms. The first-order chi connectivity index (χ1) is 10.2. The SMILES string of the molecule is COc1ccc2c(ccc3ccc4cc(Br)sc4c32)c1Br. The summed E-state index contributed by atoms with van der Waals surface area (Å²) >= 11 is 9.05. The average Bonchev–Trinajstić information content (AvgIpc) is 2.87. The van der Waals surface area contributed by atoms with Gasteiger partial charge in [-0.3, -0.25) is 0 Å². The molecule has 0 aliphatic carbocycles. The zero-order valence-corrected chi connectivity index (χ0v) is 15.1. The number of fused-ring (bicyclic) bond motifs is 5. The lowest BCUT2D eigenvalue weighted by molar-refractivity contribution is 0.413. The van der Waals surface area contributed by atoms with Crippen LogP contribution in [0.4, 0.5) is 0 Å². The molecule has 0 atom stereocenters. The summed E-state index contributed by atoms with van der Waals surface area (Å²) < 4.78 is 8.90. The molecule has 0 aliphatic heterocycles. The molecule has 0 saturated heterocycles. The first-order valence-electron chi connectivity index (χ1n) is 6.46. The lowest BCUT2D eigenvalue weighted by Crippen LogP contribution is -1.86. The summed E-state index contributed by atoms with van der Waals surface area (Å²) in [6.45, 7) is 0. The third-order valence-corrected chi connectivity index (χ3v) is 6.24. The van der Waals surface area contributed by atoms with Crippen LogP contribution in [0.5, 0.6) is 5.75 Å². The van der Waals surface area contributed by atoms with E-state index in [-0.39, 0.29) is 0 Å². The molecular weight excluding hydrogens is 412 g/mol. The molecule has 21 heavy (non-hydrogen) atoms. The van der Waals surface area contributed by atoms with Crippen molar-refractivity contribution in [1.82, 2.24) is 0 Å². The molecule has 0 bridgehead atoms. The summed E-state index contributed by atoms with van der Waals surface area (Å²) in [6.07, 6.45) is 0. The Labute approximate surface area is 142 Å². The van der Waals surface area contributed by atoms with Gasteiger partial charge < -0.3 is 4.74 Å². The summed E-state index contributed by atoms with van der Waals surface area (Å²) in [5, 5.41) is 6.28. The van der Waals surface area contributed by atoms with Gasteiger partial charge in [-0.15, -0.1) is 11.3 Å². The van der Waals surface area contributed by atoms with E-state index >= 15 is 0 Å². The number of methoxy groups -OCH3 is 1. The van der Waals surface area contributed by atoms with Crippen LogP contribution < -0.4 is 4.74 Å². The number of benzene rings is 3. The zero-order chi connectivity index (χ0) is 14.6. The largest absolute Gasteiger partial charge is 0.496 e. The van der Waals surface area contributed by atoms with Crippen LogP contribution in [0, 0.1) is 0 Å². The molecule has 4 rings (SSSR count). The van der Waals surface area contributed by atoms with Crippen molar-refractivity contribution in [2.24, 2.45) is 0 Å². The minimum absolute atomic E-state index is 0.862. The Hall–Kier alpha value is -1.10. The number of thiophene rings is 1. The summed E-state index contributed by atoms with van der Waals surface area (Å²) in [4.78, 5) is 0. The van der Waals surface area contributed by atoms with Crippen molar-refractivity contribution in [3.8, 4) is 5.75 Å². The second kappa shape index (κ2) is 4.97. The minimum Gasteiger partial charge on any atom is -0.496 e. The fourth-order valence-corrected chi connectivity index (χ4v) is 5.12. The van der Waals surface area contributed by atoms with Crippen LogP contribution >= 0.6 is 43.2 Å². The van der Waals surface area contributed by atoms with E-state index in [0.29, 0.717) is 0 Å². The third kappa shape index (κ3) is 2.00. The predicted octanol–water partition coefficient (Wildman–Crippen LogP) is 6.74. The van der Waals surface area contributed by atoms with E-state index in [1.807, 2.05) is 6.07 Å². The fourth-order valence-electron chi connectivity index (χ4n) is 2.79. The lowest BCUT2D eigenvalue weighted by Gasteiger charge is -2.10. The molecule has 1 heterocycles. The van der Waals surface area contributed by atoms with Crippen LogP contribution in [-0.2, 0) is 0 Å². The van der Waals surface area contributed by atoms with E-state index < -0.39 is 0 Å². The molecule has 1 nitrogen and oxygen atoms in total. The van der Waals surface area contributed by atoms with Crippen molar-refractivity contribution in [3.05, 3.63) is 50.7 Å². The molecule has 0 fully saturated rings. The lowest BCUT2D eigenvalue weighted by atomic mass is 10.0. The molecular formula is C17H10Br2OS. The smallest absolute Gasteiger partial charge is 0.133 e. The number of ether oxygens (including phenoxy) is 1. The van der Waals surface area contributed by atoms with Gasteiger partial charge in [-0.2, -0.15) is 0 Å². The maximum Gasteiger partial charge on any atom is 0.133 e. The summed E-state index contributed by atoms with van der Waals surface area (Å²) in [5.41, 5.74) is 0. The number of rotatable bonds is 1. The van der Waals surface area contributed by atoms with Gasteiger partial charge in [0.05, 0.1) is 15.4 Å². The molecule has 0 unspecified atom stereocenters. The van der Waals surface area contributed by atoms with E-state index in [1.54, 1.807) is 18.4 Å².